The van der Waals surface area contributed by atoms with Crippen LogP contribution in [-0.2, 0) is 10.2 Å². The zero-order chi connectivity index (χ0) is 11.5. The first-order chi connectivity index (χ1) is 6.95. The van der Waals surface area contributed by atoms with Crippen molar-refractivity contribution >= 4 is 0 Å². The lowest BCUT2D eigenvalue weighted by Gasteiger charge is -2.15. The highest BCUT2D eigenvalue weighted by atomic mass is 16.5. The molecule has 1 aromatic heterocycles. The molecule has 0 fully saturated rings. The van der Waals surface area contributed by atoms with Gasteiger partial charge in [-0.25, -0.2) is 4.98 Å². The molecule has 1 heterocycles. The number of aromatic nitrogens is 2. The van der Waals surface area contributed by atoms with E-state index in [1.165, 1.54) is 0 Å². The van der Waals surface area contributed by atoms with Crippen LogP contribution in [0.5, 0.6) is 0 Å². The minimum atomic E-state index is -0.0685. The normalized spacial score (nSPS) is 14.2. The van der Waals surface area contributed by atoms with E-state index in [1.807, 2.05) is 6.20 Å². The van der Waals surface area contributed by atoms with Gasteiger partial charge in [0.2, 0.25) is 0 Å². The molecule has 4 nitrogen and oxygen atoms in total. The van der Waals surface area contributed by atoms with Crippen LogP contribution in [0.1, 0.15) is 44.8 Å². The van der Waals surface area contributed by atoms with Crippen molar-refractivity contribution in [1.29, 1.82) is 0 Å². The molecule has 15 heavy (non-hydrogen) atoms. The number of methoxy groups -OCH3 is 1. The van der Waals surface area contributed by atoms with Crippen LogP contribution >= 0.6 is 0 Å². The molecule has 3 N–H and O–H groups in total. The molecule has 0 aromatic carbocycles. The fraction of sp³-hybridized carbons (Fsp3) is 0.727. The fourth-order valence-electron chi connectivity index (χ4n) is 1.29. The summed E-state index contributed by atoms with van der Waals surface area (Å²) in [6, 6.07) is -0.0685. The third-order valence-corrected chi connectivity index (χ3v) is 2.39. The lowest BCUT2D eigenvalue weighted by molar-refractivity contribution is 0.187. The topological polar surface area (TPSA) is 63.9 Å². The highest BCUT2D eigenvalue weighted by Gasteiger charge is 2.18. The van der Waals surface area contributed by atoms with Crippen molar-refractivity contribution in [2.45, 2.75) is 38.6 Å². The molecule has 0 radical (unpaired) electrons. The monoisotopic (exact) mass is 211 g/mol. The van der Waals surface area contributed by atoms with Crippen LogP contribution < -0.4 is 5.73 Å². The second kappa shape index (κ2) is 4.77. The van der Waals surface area contributed by atoms with Crippen LogP contribution in [0, 0.1) is 0 Å². The van der Waals surface area contributed by atoms with Crippen molar-refractivity contribution in [2.24, 2.45) is 5.73 Å². The van der Waals surface area contributed by atoms with Crippen LogP contribution in [0.15, 0.2) is 6.20 Å². The molecule has 0 amide bonds. The number of nitrogens with zero attached hydrogens (tertiary/aromatic N) is 1. The van der Waals surface area contributed by atoms with Gasteiger partial charge >= 0.3 is 0 Å². The van der Waals surface area contributed by atoms with Gasteiger partial charge in [0.05, 0.1) is 6.04 Å². The number of imidazole rings is 1. The summed E-state index contributed by atoms with van der Waals surface area (Å²) in [6.07, 6.45) is 2.65. The summed E-state index contributed by atoms with van der Waals surface area (Å²) >= 11 is 0. The summed E-state index contributed by atoms with van der Waals surface area (Å²) in [7, 11) is 1.68. The van der Waals surface area contributed by atoms with Crippen molar-refractivity contribution in [3.8, 4) is 0 Å². The molecule has 0 aliphatic rings. The molecule has 0 bridgehead atoms. The summed E-state index contributed by atoms with van der Waals surface area (Å²) in [4.78, 5) is 7.57. The number of hydrogen-bond acceptors (Lipinski definition) is 3. The summed E-state index contributed by atoms with van der Waals surface area (Å²) in [5.74, 6) is 0.844. The Hall–Kier alpha value is -0.870. The largest absolute Gasteiger partial charge is 0.385 e. The van der Waals surface area contributed by atoms with E-state index in [1.54, 1.807) is 7.11 Å². The van der Waals surface area contributed by atoms with Crippen LogP contribution in [0.3, 0.4) is 0 Å². The summed E-state index contributed by atoms with van der Waals surface area (Å²) < 4.78 is 4.99. The van der Waals surface area contributed by atoms with Gasteiger partial charge in [-0.05, 0) is 6.42 Å². The Morgan fingerprint density at radius 1 is 1.53 bits per heavy atom. The third kappa shape index (κ3) is 3.32. The molecule has 0 aliphatic carbocycles. The number of ether oxygens (including phenoxy) is 1. The van der Waals surface area contributed by atoms with Crippen LogP contribution in [0.4, 0.5) is 0 Å². The Balaban J connectivity index is 2.67. The maximum Gasteiger partial charge on any atom is 0.123 e. The molecular weight excluding hydrogens is 190 g/mol. The van der Waals surface area contributed by atoms with Gasteiger partial charge in [0.25, 0.3) is 0 Å². The van der Waals surface area contributed by atoms with E-state index in [2.05, 4.69) is 30.7 Å². The zero-order valence-corrected chi connectivity index (χ0v) is 10.0. The van der Waals surface area contributed by atoms with E-state index in [4.69, 9.17) is 10.5 Å². The van der Waals surface area contributed by atoms with E-state index in [0.717, 1.165) is 17.9 Å². The van der Waals surface area contributed by atoms with E-state index >= 15 is 0 Å². The van der Waals surface area contributed by atoms with Crippen LogP contribution in [-0.4, -0.2) is 23.7 Å². The smallest absolute Gasteiger partial charge is 0.123 e. The van der Waals surface area contributed by atoms with E-state index in [-0.39, 0.29) is 11.5 Å². The first-order valence-corrected chi connectivity index (χ1v) is 5.25. The second-order valence-corrected chi connectivity index (χ2v) is 4.82. The number of nitrogens with two attached hydrogens (primary N) is 1. The molecule has 1 aromatic rings. The lowest BCUT2D eigenvalue weighted by atomic mass is 9.93. The summed E-state index contributed by atoms with van der Waals surface area (Å²) in [5.41, 5.74) is 7.17. The number of nitrogens with one attached hydrogen (secondary N) is 1. The molecule has 4 heteroatoms. The Kier molecular flexibility index (Phi) is 3.88. The van der Waals surface area contributed by atoms with Gasteiger partial charge in [0, 0.05) is 31.0 Å². The fourth-order valence-corrected chi connectivity index (χ4v) is 1.29. The Morgan fingerprint density at radius 3 is 2.67 bits per heavy atom. The van der Waals surface area contributed by atoms with Crippen molar-refractivity contribution in [2.75, 3.05) is 13.7 Å². The Labute approximate surface area is 91.2 Å². The number of rotatable bonds is 4. The second-order valence-electron chi connectivity index (χ2n) is 4.82. The summed E-state index contributed by atoms with van der Waals surface area (Å²) in [6.45, 7) is 7.09. The van der Waals surface area contributed by atoms with Gasteiger partial charge in [-0.2, -0.15) is 0 Å². The number of hydrogen-bond donors (Lipinski definition) is 2. The first-order valence-electron chi connectivity index (χ1n) is 5.25. The molecule has 1 unspecified atom stereocenters. The molecule has 1 atom stereocenters. The molecule has 0 saturated heterocycles. The number of aromatic amines is 1. The van der Waals surface area contributed by atoms with Gasteiger partial charge in [0.15, 0.2) is 0 Å². The van der Waals surface area contributed by atoms with Crippen molar-refractivity contribution in [3.63, 3.8) is 0 Å². The van der Waals surface area contributed by atoms with E-state index in [0.29, 0.717) is 6.61 Å². The van der Waals surface area contributed by atoms with Gasteiger partial charge in [-0.1, -0.05) is 20.8 Å². The quantitative estimate of drug-likeness (QED) is 0.797. The summed E-state index contributed by atoms with van der Waals surface area (Å²) in [5, 5.41) is 0. The molecule has 1 rings (SSSR count). The predicted molar refractivity (Wildman–Crippen MR) is 60.7 cm³/mol. The predicted octanol–water partition coefficient (Wildman–Crippen LogP) is 1.74. The third-order valence-electron chi connectivity index (χ3n) is 2.39. The minimum absolute atomic E-state index is 0.0685. The Bertz CT molecular complexity index is 301. The maximum absolute atomic E-state index is 5.96. The highest BCUT2D eigenvalue weighted by Crippen LogP contribution is 2.21. The van der Waals surface area contributed by atoms with Gasteiger partial charge in [-0.3, -0.25) is 0 Å². The molecule has 0 spiro atoms. The van der Waals surface area contributed by atoms with E-state index in [9.17, 15) is 0 Å². The highest BCUT2D eigenvalue weighted by molar-refractivity contribution is 5.12. The SMILES string of the molecule is COCCC(N)c1ncc(C(C)(C)C)[nH]1. The minimum Gasteiger partial charge on any atom is -0.385 e. The van der Waals surface area contributed by atoms with Crippen LogP contribution in [0.25, 0.3) is 0 Å². The van der Waals surface area contributed by atoms with Crippen molar-refractivity contribution in [3.05, 3.63) is 17.7 Å². The van der Waals surface area contributed by atoms with Crippen molar-refractivity contribution < 1.29 is 4.74 Å². The average Bonchev–Trinajstić information content (AvgIpc) is 2.62. The molecule has 86 valence electrons. The van der Waals surface area contributed by atoms with Gasteiger partial charge in [-0.15, -0.1) is 0 Å². The molecule has 0 aliphatic heterocycles. The van der Waals surface area contributed by atoms with Gasteiger partial charge in [0.1, 0.15) is 5.82 Å². The van der Waals surface area contributed by atoms with Crippen molar-refractivity contribution in [1.82, 2.24) is 9.97 Å². The van der Waals surface area contributed by atoms with E-state index < -0.39 is 0 Å². The zero-order valence-electron chi connectivity index (χ0n) is 10.0. The lowest BCUT2D eigenvalue weighted by Crippen LogP contribution is -2.16. The standard InChI is InChI=1S/C11H21N3O/c1-11(2,3)9-7-13-10(14-9)8(12)5-6-15-4/h7-8H,5-6,12H2,1-4H3,(H,13,14). The first kappa shape index (κ1) is 12.2. The maximum atomic E-state index is 5.96. The number of H-pyrrole nitrogens is 1. The molecular formula is C11H21N3O. The average molecular weight is 211 g/mol. The van der Waals surface area contributed by atoms with Crippen LogP contribution in [0.2, 0.25) is 0 Å². The Morgan fingerprint density at radius 2 is 2.20 bits per heavy atom. The van der Waals surface area contributed by atoms with Gasteiger partial charge < -0.3 is 15.5 Å². The molecule has 0 saturated carbocycles.